The molecular weight excluding hydrogens is 272 g/mol. The summed E-state index contributed by atoms with van der Waals surface area (Å²) >= 11 is 0. The molecule has 0 fully saturated rings. The van der Waals surface area contributed by atoms with E-state index in [-0.39, 0.29) is 17.2 Å². The first kappa shape index (κ1) is 12.7. The molecule has 8 heteroatoms. The monoisotopic (exact) mass is 282 g/mol. The topological polar surface area (TPSA) is 120 Å². The highest BCUT2D eigenvalue weighted by atomic mass is 16.4. The van der Waals surface area contributed by atoms with Crippen LogP contribution in [0.5, 0.6) is 0 Å². The largest absolute Gasteiger partial charge is 0.477 e. The molecule has 2 aromatic heterocycles. The van der Waals surface area contributed by atoms with Gasteiger partial charge in [0, 0.05) is 5.56 Å². The number of nitrogens with zero attached hydrogens (tertiary/aromatic N) is 5. The second-order valence-electron chi connectivity index (χ2n) is 4.18. The Balaban J connectivity index is 2.04. The summed E-state index contributed by atoms with van der Waals surface area (Å²) in [6.45, 7) is 0. The van der Waals surface area contributed by atoms with Crippen LogP contribution in [0.25, 0.3) is 17.2 Å². The maximum atomic E-state index is 11.0. The molecule has 0 atom stereocenters. The fourth-order valence-corrected chi connectivity index (χ4v) is 1.75. The van der Waals surface area contributed by atoms with Gasteiger partial charge in [-0.3, -0.25) is 0 Å². The highest BCUT2D eigenvalue weighted by molar-refractivity contribution is 5.86. The Kier molecular flexibility index (Phi) is 3.03. The summed E-state index contributed by atoms with van der Waals surface area (Å²) in [5.41, 5.74) is 6.69. The number of hydrogen-bond donors (Lipinski definition) is 2. The number of anilines is 1. The molecule has 0 bridgehead atoms. The maximum Gasteiger partial charge on any atom is 0.354 e. The van der Waals surface area contributed by atoms with Crippen LogP contribution in [0.4, 0.5) is 5.69 Å². The number of tetrazole rings is 1. The van der Waals surface area contributed by atoms with E-state index in [9.17, 15) is 4.79 Å². The normalized spacial score (nSPS) is 10.5. The van der Waals surface area contributed by atoms with E-state index in [1.54, 1.807) is 0 Å². The molecule has 0 amide bonds. The second kappa shape index (κ2) is 5.00. The molecule has 0 aliphatic carbocycles. The van der Waals surface area contributed by atoms with Crippen LogP contribution in [0.1, 0.15) is 10.5 Å². The molecule has 0 aliphatic rings. The summed E-state index contributed by atoms with van der Waals surface area (Å²) < 4.78 is 0. The number of carboxylic acid groups (broad SMARTS) is 1. The summed E-state index contributed by atoms with van der Waals surface area (Å²) in [6, 6.07) is 12.0. The van der Waals surface area contributed by atoms with Gasteiger partial charge in [-0.05, 0) is 17.3 Å². The van der Waals surface area contributed by atoms with Crippen LogP contribution in [0, 0.1) is 0 Å². The Morgan fingerprint density at radius 2 is 1.90 bits per heavy atom. The van der Waals surface area contributed by atoms with Crippen LogP contribution < -0.4 is 5.73 Å². The van der Waals surface area contributed by atoms with Crippen molar-refractivity contribution in [1.29, 1.82) is 0 Å². The van der Waals surface area contributed by atoms with E-state index in [0.717, 1.165) is 10.4 Å². The van der Waals surface area contributed by atoms with Crippen LogP contribution in [0.2, 0.25) is 0 Å². The number of hydrogen-bond acceptors (Lipinski definition) is 6. The number of rotatable bonds is 3. The van der Waals surface area contributed by atoms with Gasteiger partial charge >= 0.3 is 5.97 Å². The molecule has 3 rings (SSSR count). The summed E-state index contributed by atoms with van der Waals surface area (Å²) in [7, 11) is 0. The number of nitrogens with two attached hydrogens (primary N) is 1. The van der Waals surface area contributed by atoms with Crippen LogP contribution in [0.3, 0.4) is 0 Å². The molecule has 3 aromatic rings. The third-order valence-corrected chi connectivity index (χ3v) is 2.76. The van der Waals surface area contributed by atoms with Crippen molar-refractivity contribution in [3.05, 3.63) is 48.2 Å². The quantitative estimate of drug-likeness (QED) is 0.735. The molecule has 8 nitrogen and oxygen atoms in total. The van der Waals surface area contributed by atoms with E-state index in [1.165, 1.54) is 12.1 Å². The molecule has 0 radical (unpaired) electrons. The van der Waals surface area contributed by atoms with Crippen LogP contribution in [-0.2, 0) is 0 Å². The van der Waals surface area contributed by atoms with E-state index in [1.807, 2.05) is 30.3 Å². The summed E-state index contributed by atoms with van der Waals surface area (Å²) in [6.07, 6.45) is 0. The molecule has 0 saturated heterocycles. The van der Waals surface area contributed by atoms with Crippen molar-refractivity contribution in [1.82, 2.24) is 25.2 Å². The third kappa shape index (κ3) is 2.41. The van der Waals surface area contributed by atoms with Gasteiger partial charge in [-0.25, -0.2) is 9.78 Å². The average Bonchev–Trinajstić information content (AvgIpc) is 2.98. The zero-order valence-electron chi connectivity index (χ0n) is 10.7. The summed E-state index contributed by atoms with van der Waals surface area (Å²) in [4.78, 5) is 16.0. The predicted octanol–water partition coefficient (Wildman–Crippen LogP) is 1.00. The number of pyridine rings is 1. The first-order valence-electron chi connectivity index (χ1n) is 6.01. The molecule has 21 heavy (non-hydrogen) atoms. The Labute approximate surface area is 118 Å². The first-order valence-corrected chi connectivity index (χ1v) is 6.01. The molecule has 0 spiro atoms. The summed E-state index contributed by atoms with van der Waals surface area (Å²) in [5.74, 6) is -0.623. The van der Waals surface area contributed by atoms with Crippen molar-refractivity contribution in [3.8, 4) is 17.2 Å². The molecule has 2 heterocycles. The number of benzene rings is 1. The summed E-state index contributed by atoms with van der Waals surface area (Å²) in [5, 5.41) is 20.9. The lowest BCUT2D eigenvalue weighted by atomic mass is 10.2. The van der Waals surface area contributed by atoms with Crippen molar-refractivity contribution >= 4 is 11.7 Å². The minimum absolute atomic E-state index is 0.129. The van der Waals surface area contributed by atoms with E-state index >= 15 is 0 Å². The van der Waals surface area contributed by atoms with Crippen molar-refractivity contribution in [2.45, 2.75) is 0 Å². The molecule has 0 aliphatic heterocycles. The number of nitrogen functional groups attached to an aromatic ring is 1. The highest BCUT2D eigenvalue weighted by Gasteiger charge is 2.13. The van der Waals surface area contributed by atoms with E-state index in [4.69, 9.17) is 10.8 Å². The van der Waals surface area contributed by atoms with Gasteiger partial charge in [0.25, 0.3) is 0 Å². The predicted molar refractivity (Wildman–Crippen MR) is 73.8 cm³/mol. The van der Waals surface area contributed by atoms with Crippen LogP contribution >= 0.6 is 0 Å². The van der Waals surface area contributed by atoms with Crippen molar-refractivity contribution < 1.29 is 9.90 Å². The van der Waals surface area contributed by atoms with Crippen LogP contribution in [-0.4, -0.2) is 36.3 Å². The Morgan fingerprint density at radius 1 is 1.14 bits per heavy atom. The highest BCUT2D eigenvalue weighted by Crippen LogP contribution is 2.16. The molecule has 3 N–H and O–H groups in total. The Bertz CT molecular complexity index is 799. The Morgan fingerprint density at radius 3 is 2.62 bits per heavy atom. The number of aromatic nitrogens is 5. The number of carboxylic acids is 1. The molecule has 0 unspecified atom stereocenters. The fraction of sp³-hybridized carbons (Fsp3) is 0. The fourth-order valence-electron chi connectivity index (χ4n) is 1.75. The second-order valence-corrected chi connectivity index (χ2v) is 4.18. The zero-order valence-corrected chi connectivity index (χ0v) is 10.7. The molecular formula is C13H10N6O2. The third-order valence-electron chi connectivity index (χ3n) is 2.76. The molecule has 1 aromatic carbocycles. The van der Waals surface area contributed by atoms with E-state index in [2.05, 4.69) is 20.4 Å². The van der Waals surface area contributed by atoms with Gasteiger partial charge < -0.3 is 10.8 Å². The lowest BCUT2D eigenvalue weighted by Crippen LogP contribution is -2.10. The van der Waals surface area contributed by atoms with Gasteiger partial charge in [0.1, 0.15) is 0 Å². The minimum atomic E-state index is -1.15. The number of aromatic carboxylic acids is 1. The molecule has 0 saturated carbocycles. The van der Waals surface area contributed by atoms with Crippen molar-refractivity contribution in [2.24, 2.45) is 0 Å². The lowest BCUT2D eigenvalue weighted by molar-refractivity contribution is 0.0690. The van der Waals surface area contributed by atoms with Crippen molar-refractivity contribution in [2.75, 3.05) is 5.73 Å². The minimum Gasteiger partial charge on any atom is -0.477 e. The lowest BCUT2D eigenvalue weighted by Gasteiger charge is -2.03. The standard InChI is InChI=1S/C13H10N6O2/c14-9-6-7-10(13(20)21)15-12(9)19-17-11(16-18-19)8-4-2-1-3-5-8/h1-7H,14H2,(H,20,21). The zero-order chi connectivity index (χ0) is 14.8. The Hall–Kier alpha value is -3.29. The molecule has 104 valence electrons. The average molecular weight is 282 g/mol. The smallest absolute Gasteiger partial charge is 0.354 e. The van der Waals surface area contributed by atoms with Crippen molar-refractivity contribution in [3.63, 3.8) is 0 Å². The van der Waals surface area contributed by atoms with Crippen LogP contribution in [0.15, 0.2) is 42.5 Å². The number of carbonyl (C=O) groups is 1. The SMILES string of the molecule is Nc1ccc(C(=O)O)nc1-n1nnc(-c2ccccc2)n1. The van der Waals surface area contributed by atoms with Gasteiger partial charge in [-0.2, -0.15) is 0 Å². The van der Waals surface area contributed by atoms with Gasteiger partial charge in [-0.1, -0.05) is 30.3 Å². The van der Waals surface area contributed by atoms with Gasteiger partial charge in [0.05, 0.1) is 5.69 Å². The maximum absolute atomic E-state index is 11.0. The van der Waals surface area contributed by atoms with Gasteiger partial charge in [0.2, 0.25) is 5.82 Å². The van der Waals surface area contributed by atoms with E-state index < -0.39 is 5.97 Å². The van der Waals surface area contributed by atoms with Gasteiger partial charge in [0.15, 0.2) is 11.5 Å². The van der Waals surface area contributed by atoms with E-state index in [0.29, 0.717) is 5.82 Å². The van der Waals surface area contributed by atoms with Gasteiger partial charge in [-0.15, -0.1) is 15.0 Å². The first-order chi connectivity index (χ1) is 10.1.